The SMILES string of the molecule is CC(C)(C)[N]1CCC[CH2][Sn]1([CH3])[CH3]. The molecule has 0 amide bonds. The zero-order chi connectivity index (χ0) is 9.41. The first-order chi connectivity index (χ1) is 5.34. The van der Waals surface area contributed by atoms with Crippen LogP contribution in [0.5, 0.6) is 0 Å². The van der Waals surface area contributed by atoms with Crippen LogP contribution in [0.2, 0.25) is 14.3 Å². The van der Waals surface area contributed by atoms with Gasteiger partial charge < -0.3 is 0 Å². The fourth-order valence-electron chi connectivity index (χ4n) is 2.51. The van der Waals surface area contributed by atoms with Gasteiger partial charge in [0.05, 0.1) is 0 Å². The Kier molecular flexibility index (Phi) is 3.15. The summed E-state index contributed by atoms with van der Waals surface area (Å²) in [6.45, 7) is 8.48. The number of rotatable bonds is 0. The zero-order valence-electron chi connectivity index (χ0n) is 9.28. The predicted molar refractivity (Wildman–Crippen MR) is 58.0 cm³/mol. The molecule has 0 bridgehead atoms. The number of nitrogens with zero attached hydrogens (tertiary/aromatic N) is 1. The van der Waals surface area contributed by atoms with Gasteiger partial charge >= 0.3 is 81.8 Å². The summed E-state index contributed by atoms with van der Waals surface area (Å²) >= 11 is -1.76. The Labute approximate surface area is 81.8 Å². The van der Waals surface area contributed by atoms with Gasteiger partial charge in [0, 0.05) is 0 Å². The van der Waals surface area contributed by atoms with E-state index in [0.29, 0.717) is 5.54 Å². The van der Waals surface area contributed by atoms with Gasteiger partial charge in [-0.25, -0.2) is 0 Å². The van der Waals surface area contributed by atoms with E-state index < -0.39 is 18.7 Å². The molecule has 12 heavy (non-hydrogen) atoms. The molecule has 1 aliphatic rings. The Morgan fingerprint density at radius 1 is 1.08 bits per heavy atom. The summed E-state index contributed by atoms with van der Waals surface area (Å²) in [6, 6.07) is 0. The Hall–Kier alpha value is 0.759. The maximum absolute atomic E-state index is 2.85. The van der Waals surface area contributed by atoms with Crippen molar-refractivity contribution in [3.63, 3.8) is 0 Å². The van der Waals surface area contributed by atoms with Crippen molar-refractivity contribution < 1.29 is 0 Å². The molecule has 72 valence electrons. The van der Waals surface area contributed by atoms with Crippen LogP contribution in [0.25, 0.3) is 0 Å². The van der Waals surface area contributed by atoms with Gasteiger partial charge in [-0.2, -0.15) is 0 Å². The third-order valence-corrected chi connectivity index (χ3v) is 14.2. The predicted octanol–water partition coefficient (Wildman–Crippen LogP) is 3.09. The second-order valence-corrected chi connectivity index (χ2v) is 18.9. The Morgan fingerprint density at radius 3 is 2.00 bits per heavy atom. The first-order valence-corrected chi connectivity index (χ1v) is 14.1. The van der Waals surface area contributed by atoms with Gasteiger partial charge in [0.15, 0.2) is 0 Å². The van der Waals surface area contributed by atoms with Gasteiger partial charge in [0.1, 0.15) is 0 Å². The first kappa shape index (κ1) is 10.8. The fourth-order valence-corrected chi connectivity index (χ4v) is 13.8. The molecule has 1 rings (SSSR count). The van der Waals surface area contributed by atoms with Gasteiger partial charge in [-0.1, -0.05) is 0 Å². The van der Waals surface area contributed by atoms with Crippen LogP contribution < -0.4 is 0 Å². The normalized spacial score (nSPS) is 25.8. The molecule has 1 heterocycles. The van der Waals surface area contributed by atoms with Crippen molar-refractivity contribution in [1.82, 2.24) is 3.12 Å². The molecule has 1 aliphatic heterocycles. The summed E-state index contributed by atoms with van der Waals surface area (Å²) in [7, 11) is 0. The van der Waals surface area contributed by atoms with Crippen LogP contribution in [0, 0.1) is 0 Å². The molecule has 1 nitrogen and oxygen atoms in total. The number of hydrogen-bond donors (Lipinski definition) is 0. The second-order valence-electron chi connectivity index (χ2n) is 5.59. The molecule has 0 spiro atoms. The van der Waals surface area contributed by atoms with Crippen molar-refractivity contribution in [2.24, 2.45) is 0 Å². The van der Waals surface area contributed by atoms with E-state index in [0.717, 1.165) is 0 Å². The van der Waals surface area contributed by atoms with Crippen LogP contribution in [-0.2, 0) is 0 Å². The van der Waals surface area contributed by atoms with E-state index in [-0.39, 0.29) is 0 Å². The summed E-state index contributed by atoms with van der Waals surface area (Å²) in [4.78, 5) is 5.16. The molecular weight excluding hydrogens is 253 g/mol. The quantitative estimate of drug-likeness (QED) is 0.614. The third kappa shape index (κ3) is 2.38. The molecule has 1 saturated heterocycles. The van der Waals surface area contributed by atoms with Crippen molar-refractivity contribution in [2.45, 2.75) is 53.5 Å². The molecule has 0 aromatic heterocycles. The van der Waals surface area contributed by atoms with Crippen LogP contribution in [0.1, 0.15) is 33.6 Å². The van der Waals surface area contributed by atoms with Crippen molar-refractivity contribution in [3.05, 3.63) is 0 Å². The van der Waals surface area contributed by atoms with Crippen molar-refractivity contribution in [3.8, 4) is 0 Å². The van der Waals surface area contributed by atoms with E-state index in [1.54, 1.807) is 4.44 Å². The molecule has 0 aromatic carbocycles. The molecule has 0 N–H and O–H groups in total. The third-order valence-electron chi connectivity index (χ3n) is 2.96. The second kappa shape index (κ2) is 3.49. The summed E-state index contributed by atoms with van der Waals surface area (Å²) in [5.41, 5.74) is 0.431. The summed E-state index contributed by atoms with van der Waals surface area (Å²) in [5, 5.41) is 0. The van der Waals surface area contributed by atoms with Crippen molar-refractivity contribution in [2.75, 3.05) is 6.54 Å². The van der Waals surface area contributed by atoms with E-state index in [1.807, 2.05) is 0 Å². The van der Waals surface area contributed by atoms with Crippen LogP contribution >= 0.6 is 0 Å². The maximum atomic E-state index is 2.85. The van der Waals surface area contributed by atoms with Gasteiger partial charge in [-0.15, -0.1) is 0 Å². The monoisotopic (exact) mass is 277 g/mol. The summed E-state index contributed by atoms with van der Waals surface area (Å²) in [5.74, 6) is 0. The van der Waals surface area contributed by atoms with Crippen LogP contribution in [0.15, 0.2) is 0 Å². The van der Waals surface area contributed by atoms with Crippen LogP contribution in [0.4, 0.5) is 0 Å². The van der Waals surface area contributed by atoms with E-state index in [2.05, 4.69) is 33.8 Å². The molecule has 0 atom stereocenters. The average Bonchev–Trinajstić information content (AvgIpc) is 1.83. The Bertz CT molecular complexity index is 158. The van der Waals surface area contributed by atoms with Gasteiger partial charge in [-0.3, -0.25) is 0 Å². The van der Waals surface area contributed by atoms with Gasteiger partial charge in [0.2, 0.25) is 0 Å². The van der Waals surface area contributed by atoms with Crippen LogP contribution in [0.3, 0.4) is 0 Å². The minimum atomic E-state index is -1.76. The molecule has 0 unspecified atom stereocenters. The Balaban J connectivity index is 2.73. The van der Waals surface area contributed by atoms with Crippen molar-refractivity contribution >= 4 is 18.7 Å². The van der Waals surface area contributed by atoms with Crippen LogP contribution in [-0.4, -0.2) is 33.9 Å². The topological polar surface area (TPSA) is 3.24 Å². The van der Waals surface area contributed by atoms with E-state index >= 15 is 0 Å². The standard InChI is InChI=1S/C8H17N.2CH3.Sn/c1-5-6-7-9-8(2,3)4;;;/h1,5-7H2,2-4H3;2*1H3;/q-1;;;+1. The molecule has 1 fully saturated rings. The van der Waals surface area contributed by atoms with Gasteiger partial charge in [-0.05, 0) is 0 Å². The molecular formula is C10H23NSn. The van der Waals surface area contributed by atoms with Crippen molar-refractivity contribution in [1.29, 1.82) is 0 Å². The average molecular weight is 276 g/mol. The van der Waals surface area contributed by atoms with E-state index in [4.69, 9.17) is 0 Å². The fraction of sp³-hybridized carbons (Fsp3) is 1.00. The molecule has 0 saturated carbocycles. The minimum absolute atomic E-state index is 0.431. The number of hydrogen-bond acceptors (Lipinski definition) is 1. The Morgan fingerprint density at radius 2 is 1.67 bits per heavy atom. The van der Waals surface area contributed by atoms with E-state index in [1.165, 1.54) is 19.4 Å². The zero-order valence-corrected chi connectivity index (χ0v) is 12.1. The summed E-state index contributed by atoms with van der Waals surface area (Å²) < 4.78 is 4.41. The van der Waals surface area contributed by atoms with E-state index in [9.17, 15) is 0 Å². The molecule has 0 aliphatic carbocycles. The van der Waals surface area contributed by atoms with Gasteiger partial charge in [0.25, 0.3) is 0 Å². The molecule has 0 aromatic rings. The molecule has 2 heteroatoms. The summed E-state index contributed by atoms with van der Waals surface area (Å²) in [6.07, 6.45) is 2.92. The first-order valence-electron chi connectivity index (χ1n) is 5.12. The molecule has 0 radical (unpaired) electrons.